The lowest BCUT2D eigenvalue weighted by molar-refractivity contribution is -0.128. The van der Waals surface area contributed by atoms with E-state index in [-0.39, 0.29) is 17.8 Å². The summed E-state index contributed by atoms with van der Waals surface area (Å²) in [6.45, 7) is 11.8. The fourth-order valence-corrected chi connectivity index (χ4v) is 6.34. The van der Waals surface area contributed by atoms with Gasteiger partial charge in [-0.1, -0.05) is 26.7 Å². The van der Waals surface area contributed by atoms with Crippen LogP contribution in [0.25, 0.3) is 16.9 Å². The lowest BCUT2D eigenvalue weighted by atomic mass is 9.84. The molecule has 0 fully saturated rings. The lowest BCUT2D eigenvalue weighted by Gasteiger charge is -2.33. The van der Waals surface area contributed by atoms with E-state index in [1.54, 1.807) is 10.9 Å². The van der Waals surface area contributed by atoms with Crippen LogP contribution in [-0.2, 0) is 27.9 Å². The molecule has 1 atom stereocenters. The molecule has 0 aliphatic carbocycles. The summed E-state index contributed by atoms with van der Waals surface area (Å²) in [4.78, 5) is 19.3. The molecule has 0 radical (unpaired) electrons. The van der Waals surface area contributed by atoms with Gasteiger partial charge in [-0.05, 0) is 45.6 Å². The first kappa shape index (κ1) is 29.0. The molecular formula is C31H41FN6O3. The average molecular weight is 565 g/mol. The summed E-state index contributed by atoms with van der Waals surface area (Å²) in [7, 11) is 1.40. The number of hydrogen-bond donors (Lipinski definition) is 0. The maximum absolute atomic E-state index is 14.6. The number of amides is 1. The van der Waals surface area contributed by atoms with Gasteiger partial charge in [0.25, 0.3) is 0 Å². The Bertz CT molecular complexity index is 1460. The molecule has 1 amide bonds. The second kappa shape index (κ2) is 11.8. The minimum absolute atomic E-state index is 0.0506. The maximum atomic E-state index is 14.6. The predicted octanol–water partition coefficient (Wildman–Crippen LogP) is 5.60. The molecular weight excluding hydrogens is 523 g/mol. The molecule has 2 aliphatic heterocycles. The number of fused-ring (bicyclic) bond motifs is 1. The lowest BCUT2D eigenvalue weighted by Crippen LogP contribution is -2.34. The summed E-state index contributed by atoms with van der Waals surface area (Å²) in [6.07, 6.45) is 11.0. The van der Waals surface area contributed by atoms with Gasteiger partial charge in [0.1, 0.15) is 0 Å². The minimum atomic E-state index is -0.540. The number of ether oxygens (including phenoxy) is 2. The van der Waals surface area contributed by atoms with Gasteiger partial charge in [-0.2, -0.15) is 10.2 Å². The molecule has 0 saturated heterocycles. The van der Waals surface area contributed by atoms with E-state index in [9.17, 15) is 9.18 Å². The largest absolute Gasteiger partial charge is 0.479 e. The van der Waals surface area contributed by atoms with Crippen molar-refractivity contribution in [2.45, 2.75) is 91.1 Å². The molecule has 5 heterocycles. The summed E-state index contributed by atoms with van der Waals surface area (Å²) in [5, 5.41) is 9.89. The predicted molar refractivity (Wildman–Crippen MR) is 154 cm³/mol. The van der Waals surface area contributed by atoms with Gasteiger partial charge >= 0.3 is 0 Å². The van der Waals surface area contributed by atoms with Crippen molar-refractivity contribution >= 4 is 5.91 Å². The van der Waals surface area contributed by atoms with Gasteiger partial charge in [0.05, 0.1) is 61.8 Å². The van der Waals surface area contributed by atoms with Crippen LogP contribution in [0.1, 0.15) is 78.0 Å². The molecule has 10 heteroatoms. The molecule has 5 rings (SSSR count). The van der Waals surface area contributed by atoms with E-state index in [1.807, 2.05) is 15.8 Å². The first-order chi connectivity index (χ1) is 19.7. The summed E-state index contributed by atoms with van der Waals surface area (Å²) >= 11 is 0. The van der Waals surface area contributed by atoms with E-state index >= 15 is 0 Å². The van der Waals surface area contributed by atoms with Gasteiger partial charge in [-0.3, -0.25) is 9.48 Å². The molecule has 3 aromatic heterocycles. The van der Waals surface area contributed by atoms with Gasteiger partial charge in [-0.25, -0.2) is 14.1 Å². The molecule has 0 N–H and O–H groups in total. The highest BCUT2D eigenvalue weighted by Gasteiger charge is 2.42. The van der Waals surface area contributed by atoms with Crippen LogP contribution in [0.2, 0.25) is 0 Å². The quantitative estimate of drug-likeness (QED) is 0.318. The van der Waals surface area contributed by atoms with Crippen molar-refractivity contribution in [2.75, 3.05) is 20.3 Å². The molecule has 0 bridgehead atoms. The Kier molecular flexibility index (Phi) is 8.31. The van der Waals surface area contributed by atoms with Crippen molar-refractivity contribution in [1.82, 2.24) is 29.4 Å². The molecule has 0 aromatic carbocycles. The SMILES string of the molecule is CCCCC(C)(C1=C(CC)N(C(C)C)C(=O)C1)n1cc(-c2nn(-c3cnc(OC)c(F)c3)c3c2CCOCC3)cn1. The Balaban J connectivity index is 1.61. The van der Waals surface area contributed by atoms with Gasteiger partial charge in [0.15, 0.2) is 5.82 Å². The van der Waals surface area contributed by atoms with Crippen LogP contribution in [0.4, 0.5) is 4.39 Å². The number of aromatic nitrogens is 5. The number of carbonyl (C=O) groups excluding carboxylic acids is 1. The number of carbonyl (C=O) groups is 1. The molecule has 2 aliphatic rings. The number of rotatable bonds is 10. The van der Waals surface area contributed by atoms with Crippen molar-refractivity contribution in [3.8, 4) is 22.8 Å². The van der Waals surface area contributed by atoms with Crippen LogP contribution in [0, 0.1) is 5.82 Å². The number of methoxy groups -OCH3 is 1. The van der Waals surface area contributed by atoms with E-state index < -0.39 is 11.4 Å². The second-order valence-electron chi connectivity index (χ2n) is 11.3. The highest BCUT2D eigenvalue weighted by molar-refractivity contribution is 5.85. The Morgan fingerprint density at radius 1 is 1.20 bits per heavy atom. The molecule has 3 aromatic rings. The van der Waals surface area contributed by atoms with E-state index in [2.05, 4.69) is 45.8 Å². The number of halogens is 1. The van der Waals surface area contributed by atoms with Crippen LogP contribution in [-0.4, -0.2) is 61.7 Å². The third-order valence-electron chi connectivity index (χ3n) is 8.42. The third-order valence-corrected chi connectivity index (χ3v) is 8.42. The van der Waals surface area contributed by atoms with Crippen molar-refractivity contribution in [3.05, 3.63) is 53.0 Å². The molecule has 9 nitrogen and oxygen atoms in total. The number of allylic oxidation sites excluding steroid dienone is 1. The van der Waals surface area contributed by atoms with E-state index in [0.29, 0.717) is 38.2 Å². The number of hydrogen-bond acceptors (Lipinski definition) is 6. The van der Waals surface area contributed by atoms with Gasteiger partial charge in [0, 0.05) is 41.5 Å². The first-order valence-corrected chi connectivity index (χ1v) is 14.7. The number of nitrogens with zero attached hydrogens (tertiary/aromatic N) is 6. The maximum Gasteiger partial charge on any atom is 0.250 e. The monoisotopic (exact) mass is 564 g/mol. The number of unbranched alkanes of at least 4 members (excludes halogenated alkanes) is 1. The first-order valence-electron chi connectivity index (χ1n) is 14.7. The minimum Gasteiger partial charge on any atom is -0.479 e. The summed E-state index contributed by atoms with van der Waals surface area (Å²) in [5.41, 5.74) is 6.09. The van der Waals surface area contributed by atoms with Crippen LogP contribution in [0.15, 0.2) is 35.9 Å². The van der Waals surface area contributed by atoms with Crippen molar-refractivity contribution < 1.29 is 18.7 Å². The molecule has 0 saturated carbocycles. The Morgan fingerprint density at radius 2 is 1.98 bits per heavy atom. The molecule has 0 spiro atoms. The highest BCUT2D eigenvalue weighted by Crippen LogP contribution is 2.43. The normalized spacial score (nSPS) is 17.3. The fraction of sp³-hybridized carbons (Fsp3) is 0.548. The fourth-order valence-electron chi connectivity index (χ4n) is 6.34. The average Bonchev–Trinajstić information content (AvgIpc) is 3.63. The Hall–Kier alpha value is -3.53. The molecule has 41 heavy (non-hydrogen) atoms. The third kappa shape index (κ3) is 5.18. The standard InChI is InChI=1S/C31H41FN6O3/c1-7-9-12-31(5,24-16-28(39)37(20(3)4)26(24)8-2)36-19-21(17-34-36)29-23-10-13-41-14-11-27(23)38(35-29)22-15-25(32)30(40-6)33-18-22/h15,17-20H,7-14,16H2,1-6H3. The van der Waals surface area contributed by atoms with Crippen molar-refractivity contribution in [3.63, 3.8) is 0 Å². The zero-order chi connectivity index (χ0) is 29.3. The summed E-state index contributed by atoms with van der Waals surface area (Å²) in [6, 6.07) is 1.51. The van der Waals surface area contributed by atoms with Crippen LogP contribution >= 0.6 is 0 Å². The van der Waals surface area contributed by atoms with E-state index in [0.717, 1.165) is 59.5 Å². The molecule has 1 unspecified atom stereocenters. The van der Waals surface area contributed by atoms with Gasteiger partial charge < -0.3 is 14.4 Å². The van der Waals surface area contributed by atoms with Crippen molar-refractivity contribution in [2.24, 2.45) is 0 Å². The van der Waals surface area contributed by atoms with Crippen LogP contribution in [0.5, 0.6) is 5.88 Å². The summed E-state index contributed by atoms with van der Waals surface area (Å²) in [5.74, 6) is -0.432. The van der Waals surface area contributed by atoms with E-state index in [4.69, 9.17) is 19.7 Å². The second-order valence-corrected chi connectivity index (χ2v) is 11.3. The number of pyridine rings is 1. The Morgan fingerprint density at radius 3 is 2.66 bits per heavy atom. The zero-order valence-electron chi connectivity index (χ0n) is 25.0. The van der Waals surface area contributed by atoms with E-state index in [1.165, 1.54) is 13.2 Å². The van der Waals surface area contributed by atoms with Gasteiger partial charge in [0.2, 0.25) is 11.8 Å². The molecule has 220 valence electrons. The highest BCUT2D eigenvalue weighted by atomic mass is 19.1. The zero-order valence-corrected chi connectivity index (χ0v) is 25.0. The van der Waals surface area contributed by atoms with Crippen LogP contribution < -0.4 is 4.74 Å². The van der Waals surface area contributed by atoms with Crippen molar-refractivity contribution in [1.29, 1.82) is 0 Å². The Labute approximate surface area is 241 Å². The van der Waals surface area contributed by atoms with Crippen LogP contribution in [0.3, 0.4) is 0 Å². The smallest absolute Gasteiger partial charge is 0.250 e. The topological polar surface area (TPSA) is 87.3 Å². The summed E-state index contributed by atoms with van der Waals surface area (Å²) < 4.78 is 29.3. The van der Waals surface area contributed by atoms with Gasteiger partial charge in [-0.15, -0.1) is 0 Å².